The van der Waals surface area contributed by atoms with Crippen LogP contribution in [0.4, 0.5) is 10.2 Å². The standard InChI is InChI=1S/C25H24BrFN6O/c1-16-4-9-20(11-22(16)27)33-14-21-23(31-33)29-15-30-24(21)32-10-2-3-18(13-32)25(34)28-12-17-5-7-19(26)8-6-17/h4-9,11,14-15,18H,2-3,10,12-13H2,1H3,(H,28,34). The first kappa shape index (κ1) is 22.5. The van der Waals surface area contributed by atoms with Crippen molar-refractivity contribution in [1.82, 2.24) is 25.1 Å². The summed E-state index contributed by atoms with van der Waals surface area (Å²) in [5.41, 5.74) is 2.80. The highest BCUT2D eigenvalue weighted by Gasteiger charge is 2.28. The predicted molar refractivity (Wildman–Crippen MR) is 132 cm³/mol. The third kappa shape index (κ3) is 4.65. The number of amides is 1. The molecule has 1 aliphatic rings. The van der Waals surface area contributed by atoms with Crippen LogP contribution in [-0.2, 0) is 11.3 Å². The van der Waals surface area contributed by atoms with Crippen LogP contribution in [0.25, 0.3) is 16.7 Å². The molecule has 0 radical (unpaired) electrons. The van der Waals surface area contributed by atoms with E-state index in [1.165, 1.54) is 12.4 Å². The van der Waals surface area contributed by atoms with E-state index in [1.807, 2.05) is 36.5 Å². The average Bonchev–Trinajstić information content (AvgIpc) is 3.30. The molecule has 1 atom stereocenters. The lowest BCUT2D eigenvalue weighted by atomic mass is 9.97. The largest absolute Gasteiger partial charge is 0.355 e. The van der Waals surface area contributed by atoms with Gasteiger partial charge < -0.3 is 10.2 Å². The first-order chi connectivity index (χ1) is 16.5. The highest BCUT2D eigenvalue weighted by Crippen LogP contribution is 2.28. The van der Waals surface area contributed by atoms with Gasteiger partial charge in [-0.05, 0) is 55.2 Å². The normalized spacial score (nSPS) is 16.1. The first-order valence-corrected chi connectivity index (χ1v) is 12.0. The Bertz CT molecular complexity index is 1340. The topological polar surface area (TPSA) is 75.9 Å². The fourth-order valence-electron chi connectivity index (χ4n) is 4.25. The van der Waals surface area contributed by atoms with Crippen LogP contribution in [0.3, 0.4) is 0 Å². The highest BCUT2D eigenvalue weighted by molar-refractivity contribution is 9.10. The van der Waals surface area contributed by atoms with Crippen molar-refractivity contribution in [2.45, 2.75) is 26.3 Å². The molecular formula is C25H24BrFN6O. The van der Waals surface area contributed by atoms with Crippen molar-refractivity contribution < 1.29 is 9.18 Å². The Balaban J connectivity index is 1.33. The van der Waals surface area contributed by atoms with Crippen LogP contribution in [0.5, 0.6) is 0 Å². The van der Waals surface area contributed by atoms with E-state index in [-0.39, 0.29) is 17.6 Å². The van der Waals surface area contributed by atoms with E-state index in [0.29, 0.717) is 30.0 Å². The fourth-order valence-corrected chi connectivity index (χ4v) is 4.52. The number of halogens is 2. The van der Waals surface area contributed by atoms with Crippen LogP contribution < -0.4 is 10.2 Å². The zero-order valence-corrected chi connectivity index (χ0v) is 20.3. The van der Waals surface area contributed by atoms with Gasteiger partial charge in [0.15, 0.2) is 5.65 Å². The smallest absolute Gasteiger partial charge is 0.225 e. The van der Waals surface area contributed by atoms with E-state index in [9.17, 15) is 9.18 Å². The van der Waals surface area contributed by atoms with Gasteiger partial charge in [0.25, 0.3) is 0 Å². The number of anilines is 1. The molecule has 5 rings (SSSR count). The van der Waals surface area contributed by atoms with Crippen molar-refractivity contribution >= 4 is 38.7 Å². The van der Waals surface area contributed by atoms with Gasteiger partial charge >= 0.3 is 0 Å². The van der Waals surface area contributed by atoms with E-state index in [4.69, 9.17) is 0 Å². The number of hydrogen-bond acceptors (Lipinski definition) is 5. The molecule has 1 saturated heterocycles. The Morgan fingerprint density at radius 3 is 2.82 bits per heavy atom. The van der Waals surface area contributed by atoms with Crippen molar-refractivity contribution in [2.24, 2.45) is 5.92 Å². The third-order valence-corrected chi connectivity index (χ3v) is 6.72. The summed E-state index contributed by atoms with van der Waals surface area (Å²) in [4.78, 5) is 23.8. The molecule has 3 heterocycles. The predicted octanol–water partition coefficient (Wildman–Crippen LogP) is 4.56. The molecule has 0 saturated carbocycles. The van der Waals surface area contributed by atoms with Gasteiger partial charge in [-0.2, -0.15) is 0 Å². The van der Waals surface area contributed by atoms with Crippen LogP contribution in [0.2, 0.25) is 0 Å². The number of nitrogens with one attached hydrogen (secondary N) is 1. The molecular weight excluding hydrogens is 499 g/mol. The van der Waals surface area contributed by atoms with E-state index >= 15 is 0 Å². The number of fused-ring (bicyclic) bond motifs is 1. The summed E-state index contributed by atoms with van der Waals surface area (Å²) in [6, 6.07) is 12.9. The van der Waals surface area contributed by atoms with Gasteiger partial charge in [0, 0.05) is 30.3 Å². The molecule has 1 amide bonds. The molecule has 7 nitrogen and oxygen atoms in total. The SMILES string of the molecule is Cc1ccc(-n2cc3c(N4CCCC(C(=O)NCc5ccc(Br)cc5)C4)ncnc3n2)cc1F. The maximum atomic E-state index is 14.1. The van der Waals surface area contributed by atoms with Crippen molar-refractivity contribution in [3.05, 3.63) is 76.4 Å². The molecule has 1 fully saturated rings. The molecule has 34 heavy (non-hydrogen) atoms. The lowest BCUT2D eigenvalue weighted by molar-refractivity contribution is -0.125. The Morgan fingerprint density at radius 2 is 2.03 bits per heavy atom. The minimum Gasteiger partial charge on any atom is -0.355 e. The number of aryl methyl sites for hydroxylation is 1. The number of carbonyl (C=O) groups excluding carboxylic acids is 1. The molecule has 1 aliphatic heterocycles. The minimum absolute atomic E-state index is 0.0451. The molecule has 1 unspecified atom stereocenters. The van der Waals surface area contributed by atoms with Gasteiger partial charge in [0.1, 0.15) is 18.0 Å². The zero-order chi connectivity index (χ0) is 23.7. The maximum absolute atomic E-state index is 14.1. The number of carbonyl (C=O) groups is 1. The average molecular weight is 523 g/mol. The quantitative estimate of drug-likeness (QED) is 0.415. The van der Waals surface area contributed by atoms with E-state index < -0.39 is 0 Å². The Hall–Kier alpha value is -3.33. The lowest BCUT2D eigenvalue weighted by Crippen LogP contribution is -2.43. The van der Waals surface area contributed by atoms with Gasteiger partial charge in [-0.25, -0.2) is 19.0 Å². The second kappa shape index (κ2) is 9.50. The Morgan fingerprint density at radius 1 is 1.21 bits per heavy atom. The van der Waals surface area contributed by atoms with Crippen molar-refractivity contribution in [3.8, 4) is 5.69 Å². The second-order valence-corrected chi connectivity index (χ2v) is 9.49. The number of aromatic nitrogens is 4. The molecule has 174 valence electrons. The molecule has 9 heteroatoms. The van der Waals surface area contributed by atoms with Crippen molar-refractivity contribution in [1.29, 1.82) is 0 Å². The number of nitrogens with zero attached hydrogens (tertiary/aromatic N) is 5. The summed E-state index contributed by atoms with van der Waals surface area (Å²) < 4.78 is 16.7. The van der Waals surface area contributed by atoms with Gasteiger partial charge in [-0.1, -0.05) is 34.1 Å². The van der Waals surface area contributed by atoms with Crippen LogP contribution in [0, 0.1) is 18.7 Å². The molecule has 0 spiro atoms. The lowest BCUT2D eigenvalue weighted by Gasteiger charge is -2.33. The Kier molecular flexibility index (Phi) is 6.28. The summed E-state index contributed by atoms with van der Waals surface area (Å²) in [7, 11) is 0. The number of hydrogen-bond donors (Lipinski definition) is 1. The van der Waals surface area contributed by atoms with Crippen molar-refractivity contribution in [2.75, 3.05) is 18.0 Å². The van der Waals surface area contributed by atoms with Crippen LogP contribution in [0.15, 0.2) is 59.5 Å². The highest BCUT2D eigenvalue weighted by atomic mass is 79.9. The molecule has 0 aliphatic carbocycles. The fraction of sp³-hybridized carbons (Fsp3) is 0.280. The number of benzene rings is 2. The summed E-state index contributed by atoms with van der Waals surface area (Å²) in [6.07, 6.45) is 5.03. The van der Waals surface area contributed by atoms with E-state index in [1.54, 1.807) is 17.7 Å². The molecule has 0 bridgehead atoms. The maximum Gasteiger partial charge on any atom is 0.225 e. The molecule has 1 N–H and O–H groups in total. The van der Waals surface area contributed by atoms with E-state index in [0.717, 1.165) is 40.6 Å². The third-order valence-electron chi connectivity index (χ3n) is 6.19. The van der Waals surface area contributed by atoms with Crippen LogP contribution in [-0.4, -0.2) is 38.7 Å². The summed E-state index contributed by atoms with van der Waals surface area (Å²) >= 11 is 3.43. The zero-order valence-electron chi connectivity index (χ0n) is 18.7. The molecule has 2 aromatic carbocycles. The minimum atomic E-state index is -0.281. The summed E-state index contributed by atoms with van der Waals surface area (Å²) in [6.45, 7) is 3.60. The second-order valence-electron chi connectivity index (χ2n) is 8.57. The monoisotopic (exact) mass is 522 g/mol. The van der Waals surface area contributed by atoms with Crippen molar-refractivity contribution in [3.63, 3.8) is 0 Å². The van der Waals surface area contributed by atoms with Gasteiger partial charge in [-0.3, -0.25) is 4.79 Å². The number of rotatable bonds is 5. The van der Waals surface area contributed by atoms with Crippen LogP contribution in [0.1, 0.15) is 24.0 Å². The summed E-state index contributed by atoms with van der Waals surface area (Å²) in [5, 5.41) is 8.37. The van der Waals surface area contributed by atoms with E-state index in [2.05, 4.69) is 41.2 Å². The molecule has 4 aromatic rings. The van der Waals surface area contributed by atoms with Crippen LogP contribution >= 0.6 is 15.9 Å². The number of piperidine rings is 1. The summed E-state index contributed by atoms with van der Waals surface area (Å²) in [5.74, 6) is 0.379. The van der Waals surface area contributed by atoms with Gasteiger partial charge in [-0.15, -0.1) is 5.10 Å². The first-order valence-electron chi connectivity index (χ1n) is 11.2. The molecule has 2 aromatic heterocycles. The van der Waals surface area contributed by atoms with Gasteiger partial charge in [0.2, 0.25) is 5.91 Å². The van der Waals surface area contributed by atoms with Gasteiger partial charge in [0.05, 0.1) is 17.0 Å². The Labute approximate surface area is 205 Å².